The Morgan fingerprint density at radius 3 is 2.86 bits per heavy atom. The lowest BCUT2D eigenvalue weighted by molar-refractivity contribution is -0.121. The number of carbonyl (C=O) groups is 1. The van der Waals surface area contributed by atoms with Crippen molar-refractivity contribution < 1.29 is 9.32 Å². The maximum atomic E-state index is 11.8. The largest absolute Gasteiger partial charge is 0.355 e. The Morgan fingerprint density at radius 1 is 1.43 bits per heavy atom. The van der Waals surface area contributed by atoms with Gasteiger partial charge in [-0.2, -0.15) is 4.98 Å². The minimum absolute atomic E-state index is 0.0365. The summed E-state index contributed by atoms with van der Waals surface area (Å²) >= 11 is 0. The van der Waals surface area contributed by atoms with Gasteiger partial charge in [-0.1, -0.05) is 19.0 Å². The van der Waals surface area contributed by atoms with E-state index in [1.807, 2.05) is 13.8 Å². The van der Waals surface area contributed by atoms with Crippen LogP contribution in [0.5, 0.6) is 0 Å². The molecule has 1 aromatic heterocycles. The number of piperazine rings is 1. The monoisotopic (exact) mass is 295 g/mol. The van der Waals surface area contributed by atoms with E-state index in [1.54, 1.807) is 0 Å². The van der Waals surface area contributed by atoms with Crippen LogP contribution in [0.15, 0.2) is 4.52 Å². The fourth-order valence-electron chi connectivity index (χ4n) is 2.20. The third-order valence-electron chi connectivity index (χ3n) is 3.53. The minimum Gasteiger partial charge on any atom is -0.355 e. The molecule has 0 bridgehead atoms. The average molecular weight is 295 g/mol. The predicted molar refractivity (Wildman–Crippen MR) is 79.0 cm³/mol. The zero-order chi connectivity index (χ0) is 15.1. The molecule has 1 aliphatic heterocycles. The van der Waals surface area contributed by atoms with Gasteiger partial charge in [0.05, 0.1) is 0 Å². The number of carbonyl (C=O) groups excluding carboxylic acids is 1. The van der Waals surface area contributed by atoms with E-state index in [4.69, 9.17) is 4.52 Å². The van der Waals surface area contributed by atoms with Gasteiger partial charge in [0, 0.05) is 58.0 Å². The molecular weight excluding hydrogens is 270 g/mol. The molecule has 1 amide bonds. The van der Waals surface area contributed by atoms with Crippen molar-refractivity contribution in [2.75, 3.05) is 39.3 Å². The smallest absolute Gasteiger partial charge is 0.227 e. The zero-order valence-electron chi connectivity index (χ0n) is 12.9. The van der Waals surface area contributed by atoms with Crippen LogP contribution in [0.3, 0.4) is 0 Å². The van der Waals surface area contributed by atoms with Gasteiger partial charge >= 0.3 is 0 Å². The SMILES string of the molecule is CC(C)c1noc(CCC(=O)NCCN2CCNCC2)n1. The molecule has 1 aliphatic rings. The second-order valence-corrected chi connectivity index (χ2v) is 5.64. The van der Waals surface area contributed by atoms with E-state index < -0.39 is 0 Å². The standard InChI is InChI=1S/C14H25N5O2/c1-11(2)14-17-13(21-18-14)4-3-12(20)16-7-10-19-8-5-15-6-9-19/h11,15H,3-10H2,1-2H3,(H,16,20). The number of aromatic nitrogens is 2. The van der Waals surface area contributed by atoms with E-state index in [0.29, 0.717) is 31.1 Å². The summed E-state index contributed by atoms with van der Waals surface area (Å²) in [5.74, 6) is 1.52. The van der Waals surface area contributed by atoms with Crippen LogP contribution in [0.1, 0.15) is 37.9 Å². The number of nitrogens with zero attached hydrogens (tertiary/aromatic N) is 3. The number of aryl methyl sites for hydroxylation is 1. The lowest BCUT2D eigenvalue weighted by Crippen LogP contribution is -2.46. The van der Waals surface area contributed by atoms with Crippen LogP contribution in [0.2, 0.25) is 0 Å². The third-order valence-corrected chi connectivity index (χ3v) is 3.53. The van der Waals surface area contributed by atoms with Crippen molar-refractivity contribution >= 4 is 5.91 Å². The highest BCUT2D eigenvalue weighted by Crippen LogP contribution is 2.10. The Bertz CT molecular complexity index is 440. The van der Waals surface area contributed by atoms with E-state index in [-0.39, 0.29) is 11.8 Å². The lowest BCUT2D eigenvalue weighted by atomic mass is 10.2. The summed E-state index contributed by atoms with van der Waals surface area (Å²) in [5.41, 5.74) is 0. The molecule has 21 heavy (non-hydrogen) atoms. The van der Waals surface area contributed by atoms with Crippen molar-refractivity contribution in [3.63, 3.8) is 0 Å². The topological polar surface area (TPSA) is 83.3 Å². The summed E-state index contributed by atoms with van der Waals surface area (Å²) in [6.45, 7) is 9.79. The van der Waals surface area contributed by atoms with Crippen molar-refractivity contribution in [2.45, 2.75) is 32.6 Å². The highest BCUT2D eigenvalue weighted by molar-refractivity contribution is 5.75. The summed E-state index contributed by atoms with van der Waals surface area (Å²) in [7, 11) is 0. The van der Waals surface area contributed by atoms with Gasteiger partial charge in [0.15, 0.2) is 5.82 Å². The summed E-state index contributed by atoms with van der Waals surface area (Å²) in [4.78, 5) is 18.4. The van der Waals surface area contributed by atoms with Crippen LogP contribution in [0.4, 0.5) is 0 Å². The second kappa shape index (κ2) is 8.09. The molecule has 1 fully saturated rings. The first kappa shape index (κ1) is 15.9. The minimum atomic E-state index is 0.0365. The Kier molecular flexibility index (Phi) is 6.13. The number of hydrogen-bond acceptors (Lipinski definition) is 6. The van der Waals surface area contributed by atoms with Crippen LogP contribution < -0.4 is 10.6 Å². The second-order valence-electron chi connectivity index (χ2n) is 5.64. The quantitative estimate of drug-likeness (QED) is 0.745. The van der Waals surface area contributed by atoms with Gasteiger partial charge in [0.2, 0.25) is 11.8 Å². The molecule has 0 atom stereocenters. The Balaban J connectivity index is 1.60. The molecule has 7 heteroatoms. The summed E-state index contributed by atoms with van der Waals surface area (Å²) in [5, 5.41) is 10.1. The summed E-state index contributed by atoms with van der Waals surface area (Å²) in [6.07, 6.45) is 0.889. The molecule has 2 rings (SSSR count). The van der Waals surface area contributed by atoms with Gasteiger partial charge in [-0.3, -0.25) is 9.69 Å². The summed E-state index contributed by atoms with van der Waals surface area (Å²) in [6, 6.07) is 0. The van der Waals surface area contributed by atoms with Crippen LogP contribution in [-0.2, 0) is 11.2 Å². The molecule has 0 aliphatic carbocycles. The van der Waals surface area contributed by atoms with Crippen molar-refractivity contribution in [2.24, 2.45) is 0 Å². The fourth-order valence-corrected chi connectivity index (χ4v) is 2.20. The van der Waals surface area contributed by atoms with E-state index in [0.717, 1.165) is 32.7 Å². The third kappa shape index (κ3) is 5.43. The van der Waals surface area contributed by atoms with Crippen molar-refractivity contribution in [1.29, 1.82) is 0 Å². The van der Waals surface area contributed by atoms with Gasteiger partial charge in [-0.25, -0.2) is 0 Å². The Labute approximate surface area is 125 Å². The highest BCUT2D eigenvalue weighted by atomic mass is 16.5. The molecule has 0 radical (unpaired) electrons. The maximum Gasteiger partial charge on any atom is 0.227 e. The van der Waals surface area contributed by atoms with Gasteiger partial charge < -0.3 is 15.2 Å². The molecule has 0 aromatic carbocycles. The fraction of sp³-hybridized carbons (Fsp3) is 0.786. The first-order valence-electron chi connectivity index (χ1n) is 7.67. The molecule has 7 nitrogen and oxygen atoms in total. The van der Waals surface area contributed by atoms with E-state index in [9.17, 15) is 4.79 Å². The van der Waals surface area contributed by atoms with Crippen LogP contribution in [-0.4, -0.2) is 60.2 Å². The van der Waals surface area contributed by atoms with Gasteiger partial charge in [0.1, 0.15) is 0 Å². The van der Waals surface area contributed by atoms with Gasteiger partial charge in [-0.15, -0.1) is 0 Å². The molecule has 118 valence electrons. The van der Waals surface area contributed by atoms with Crippen LogP contribution in [0, 0.1) is 0 Å². The molecule has 2 heterocycles. The molecule has 1 aromatic rings. The number of nitrogens with one attached hydrogen (secondary N) is 2. The van der Waals surface area contributed by atoms with Gasteiger partial charge in [0.25, 0.3) is 0 Å². The molecule has 0 unspecified atom stereocenters. The maximum absolute atomic E-state index is 11.8. The van der Waals surface area contributed by atoms with Gasteiger partial charge in [-0.05, 0) is 0 Å². The number of hydrogen-bond donors (Lipinski definition) is 2. The normalized spacial score (nSPS) is 16.3. The first-order valence-corrected chi connectivity index (χ1v) is 7.67. The Morgan fingerprint density at radius 2 is 2.19 bits per heavy atom. The van der Waals surface area contributed by atoms with Crippen LogP contribution >= 0.6 is 0 Å². The van der Waals surface area contributed by atoms with E-state index in [1.165, 1.54) is 0 Å². The first-order chi connectivity index (χ1) is 10.1. The molecule has 2 N–H and O–H groups in total. The average Bonchev–Trinajstić information content (AvgIpc) is 2.95. The summed E-state index contributed by atoms with van der Waals surface area (Å²) < 4.78 is 5.12. The predicted octanol–water partition coefficient (Wildman–Crippen LogP) is 0.147. The molecule has 1 saturated heterocycles. The number of rotatable bonds is 7. The van der Waals surface area contributed by atoms with Crippen molar-refractivity contribution in [3.8, 4) is 0 Å². The highest BCUT2D eigenvalue weighted by Gasteiger charge is 2.12. The molecule has 0 spiro atoms. The Hall–Kier alpha value is -1.47. The van der Waals surface area contributed by atoms with E-state index >= 15 is 0 Å². The molecular formula is C14H25N5O2. The molecule has 0 saturated carbocycles. The van der Waals surface area contributed by atoms with Crippen LogP contribution in [0.25, 0.3) is 0 Å². The number of amides is 1. The zero-order valence-corrected chi connectivity index (χ0v) is 12.9. The van der Waals surface area contributed by atoms with Crippen molar-refractivity contribution in [3.05, 3.63) is 11.7 Å². The lowest BCUT2D eigenvalue weighted by Gasteiger charge is -2.27. The van der Waals surface area contributed by atoms with E-state index in [2.05, 4.69) is 25.7 Å². The van der Waals surface area contributed by atoms with Crippen molar-refractivity contribution in [1.82, 2.24) is 25.7 Å².